The van der Waals surface area contributed by atoms with Gasteiger partial charge in [-0.1, -0.05) is 6.07 Å². The van der Waals surface area contributed by atoms with Crippen molar-refractivity contribution in [2.24, 2.45) is 0 Å². The van der Waals surface area contributed by atoms with Gasteiger partial charge in [-0.05, 0) is 42.5 Å². The lowest BCUT2D eigenvalue weighted by atomic mass is 10.0. The van der Waals surface area contributed by atoms with Crippen molar-refractivity contribution in [2.45, 2.75) is 6.42 Å². The molecule has 0 aliphatic carbocycles. The lowest BCUT2D eigenvalue weighted by Gasteiger charge is -2.04. The zero-order valence-electron chi connectivity index (χ0n) is 11.9. The molecule has 6 heteroatoms. The fourth-order valence-corrected chi connectivity index (χ4v) is 1.93. The zero-order valence-corrected chi connectivity index (χ0v) is 11.9. The second-order valence-corrected chi connectivity index (χ2v) is 4.82. The van der Waals surface area contributed by atoms with Crippen molar-refractivity contribution in [2.75, 3.05) is 0 Å². The van der Waals surface area contributed by atoms with Gasteiger partial charge >= 0.3 is 0 Å². The van der Waals surface area contributed by atoms with Crippen molar-refractivity contribution in [1.29, 1.82) is 0 Å². The van der Waals surface area contributed by atoms with Crippen LogP contribution in [0.25, 0.3) is 6.08 Å². The van der Waals surface area contributed by atoms with Crippen LogP contribution in [0.15, 0.2) is 42.5 Å². The van der Waals surface area contributed by atoms with Crippen molar-refractivity contribution in [3.63, 3.8) is 0 Å². The van der Waals surface area contributed by atoms with Gasteiger partial charge in [0, 0.05) is 5.56 Å². The van der Waals surface area contributed by atoms with Crippen molar-refractivity contribution in [3.05, 3.63) is 53.6 Å². The van der Waals surface area contributed by atoms with Gasteiger partial charge in [-0.2, -0.15) is 0 Å². The molecule has 2 aromatic carbocycles. The highest BCUT2D eigenvalue weighted by Gasteiger charge is 2.16. The largest absolute Gasteiger partial charge is 0.508 e. The molecule has 0 atom stereocenters. The number of phenolic OH excluding ortho intramolecular Hbond substituents is 4. The molecule has 0 aliphatic rings. The summed E-state index contributed by atoms with van der Waals surface area (Å²) in [5.74, 6) is -2.41. The number of carbonyl (C=O) groups is 2. The van der Waals surface area contributed by atoms with Crippen LogP contribution in [0.3, 0.4) is 0 Å². The molecule has 0 spiro atoms. The molecule has 0 aliphatic heterocycles. The van der Waals surface area contributed by atoms with E-state index in [1.165, 1.54) is 42.5 Å². The molecule has 0 saturated heterocycles. The van der Waals surface area contributed by atoms with E-state index in [9.17, 15) is 30.0 Å². The molecule has 0 fully saturated rings. The number of allylic oxidation sites excluding steroid dienone is 1. The fourth-order valence-electron chi connectivity index (χ4n) is 1.93. The van der Waals surface area contributed by atoms with E-state index in [0.717, 1.165) is 6.08 Å². The number of para-hydroxylation sites is 1. The Morgan fingerprint density at radius 3 is 2.43 bits per heavy atom. The molecule has 118 valence electrons. The minimum Gasteiger partial charge on any atom is -0.508 e. The summed E-state index contributed by atoms with van der Waals surface area (Å²) < 4.78 is 0. The molecular weight excluding hydrogens is 300 g/mol. The molecule has 0 aromatic heterocycles. The molecule has 23 heavy (non-hydrogen) atoms. The van der Waals surface area contributed by atoms with Crippen LogP contribution in [0.4, 0.5) is 0 Å². The average Bonchev–Trinajstić information content (AvgIpc) is 2.50. The highest BCUT2D eigenvalue weighted by molar-refractivity contribution is 6.13. The number of aromatic hydroxyl groups is 4. The van der Waals surface area contributed by atoms with E-state index in [0.29, 0.717) is 0 Å². The molecule has 4 N–H and O–H groups in total. The topological polar surface area (TPSA) is 115 Å². The van der Waals surface area contributed by atoms with Crippen molar-refractivity contribution < 1.29 is 30.0 Å². The summed E-state index contributed by atoms with van der Waals surface area (Å²) in [6.45, 7) is 0. The molecule has 2 rings (SSSR count). The van der Waals surface area contributed by atoms with E-state index in [1.807, 2.05) is 0 Å². The number of rotatable bonds is 5. The Hall–Kier alpha value is -3.28. The Kier molecular flexibility index (Phi) is 4.66. The summed E-state index contributed by atoms with van der Waals surface area (Å²) in [7, 11) is 0. The summed E-state index contributed by atoms with van der Waals surface area (Å²) in [6, 6.07) is 7.74. The molecule has 0 saturated carbocycles. The molecule has 0 unspecified atom stereocenters. The maximum absolute atomic E-state index is 11.9. The lowest BCUT2D eigenvalue weighted by molar-refractivity contribution is -0.113. The molecule has 0 bridgehead atoms. The van der Waals surface area contributed by atoms with Crippen LogP contribution >= 0.6 is 0 Å². The first-order valence-corrected chi connectivity index (χ1v) is 6.65. The summed E-state index contributed by atoms with van der Waals surface area (Å²) in [5.41, 5.74) is 0.0814. The summed E-state index contributed by atoms with van der Waals surface area (Å²) in [6.07, 6.45) is 1.85. The first-order valence-electron chi connectivity index (χ1n) is 6.65. The van der Waals surface area contributed by atoms with E-state index in [1.54, 1.807) is 0 Å². The maximum Gasteiger partial charge on any atom is 0.174 e. The molecule has 0 radical (unpaired) electrons. The van der Waals surface area contributed by atoms with Gasteiger partial charge in [0.25, 0.3) is 0 Å². The molecule has 2 aromatic rings. The average molecular weight is 314 g/mol. The SMILES string of the molecule is O=C(/C=C/c1cc(O)ccc1O)CC(=O)c1cccc(O)c1O. The number of hydrogen-bond donors (Lipinski definition) is 4. The van der Waals surface area contributed by atoms with E-state index in [2.05, 4.69) is 0 Å². The minimum atomic E-state index is -0.645. The van der Waals surface area contributed by atoms with Gasteiger partial charge in [0.1, 0.15) is 11.5 Å². The lowest BCUT2D eigenvalue weighted by Crippen LogP contribution is -2.06. The minimum absolute atomic E-state index is 0.0735. The van der Waals surface area contributed by atoms with Gasteiger partial charge in [-0.25, -0.2) is 0 Å². The second-order valence-electron chi connectivity index (χ2n) is 4.82. The van der Waals surface area contributed by atoms with Gasteiger partial charge < -0.3 is 20.4 Å². The Balaban J connectivity index is 2.10. The summed E-state index contributed by atoms with van der Waals surface area (Å²) >= 11 is 0. The standard InChI is InChI=1S/C17H14O6/c18-11-6-7-14(20)10(8-11)4-5-12(19)9-16(22)13-2-1-3-15(21)17(13)23/h1-8,18,20-21,23H,9H2/b5-4+. The van der Waals surface area contributed by atoms with E-state index in [-0.39, 0.29) is 22.6 Å². The first kappa shape index (κ1) is 16.1. The summed E-state index contributed by atoms with van der Waals surface area (Å²) in [5, 5.41) is 37.8. The van der Waals surface area contributed by atoms with Crippen LogP contribution in [0.5, 0.6) is 23.0 Å². The van der Waals surface area contributed by atoms with E-state index >= 15 is 0 Å². The number of ketones is 2. The maximum atomic E-state index is 11.9. The van der Waals surface area contributed by atoms with E-state index < -0.39 is 29.5 Å². The van der Waals surface area contributed by atoms with Gasteiger partial charge in [0.15, 0.2) is 23.1 Å². The number of hydrogen-bond acceptors (Lipinski definition) is 6. The highest BCUT2D eigenvalue weighted by Crippen LogP contribution is 2.29. The van der Waals surface area contributed by atoms with Crippen LogP contribution in [0, 0.1) is 0 Å². The Bertz CT molecular complexity index is 792. The number of phenols is 4. The van der Waals surface area contributed by atoms with Crippen molar-refractivity contribution in [3.8, 4) is 23.0 Å². The third-order valence-corrected chi connectivity index (χ3v) is 3.11. The molecule has 6 nitrogen and oxygen atoms in total. The van der Waals surface area contributed by atoms with Gasteiger partial charge in [0.2, 0.25) is 0 Å². The zero-order chi connectivity index (χ0) is 17.0. The molecular formula is C17H14O6. The normalized spacial score (nSPS) is 10.8. The van der Waals surface area contributed by atoms with Crippen LogP contribution in [0.2, 0.25) is 0 Å². The van der Waals surface area contributed by atoms with Gasteiger partial charge in [0.05, 0.1) is 12.0 Å². The quantitative estimate of drug-likeness (QED) is 0.221. The van der Waals surface area contributed by atoms with Crippen molar-refractivity contribution in [1.82, 2.24) is 0 Å². The van der Waals surface area contributed by atoms with Crippen LogP contribution < -0.4 is 0 Å². The van der Waals surface area contributed by atoms with Gasteiger partial charge in [-0.15, -0.1) is 0 Å². The fraction of sp³-hybridized carbons (Fsp3) is 0.0588. The van der Waals surface area contributed by atoms with Crippen molar-refractivity contribution >= 4 is 17.6 Å². The monoisotopic (exact) mass is 314 g/mol. The third kappa shape index (κ3) is 3.88. The van der Waals surface area contributed by atoms with Crippen LogP contribution in [-0.4, -0.2) is 32.0 Å². The number of Topliss-reactive ketones (excluding diaryl/α,β-unsaturated/α-hetero) is 1. The predicted molar refractivity (Wildman–Crippen MR) is 82.5 cm³/mol. The number of benzene rings is 2. The number of carbonyl (C=O) groups excluding carboxylic acids is 2. The first-order chi connectivity index (χ1) is 10.9. The predicted octanol–water partition coefficient (Wildman–Crippen LogP) is 2.36. The Morgan fingerprint density at radius 1 is 0.957 bits per heavy atom. The highest BCUT2D eigenvalue weighted by atomic mass is 16.3. The van der Waals surface area contributed by atoms with Crippen LogP contribution in [0.1, 0.15) is 22.3 Å². The smallest absolute Gasteiger partial charge is 0.174 e. The second kappa shape index (κ2) is 6.65. The molecule has 0 amide bonds. The van der Waals surface area contributed by atoms with Gasteiger partial charge in [-0.3, -0.25) is 9.59 Å². The Morgan fingerprint density at radius 2 is 1.70 bits per heavy atom. The summed E-state index contributed by atoms with van der Waals surface area (Å²) in [4.78, 5) is 23.7. The molecule has 0 heterocycles. The van der Waals surface area contributed by atoms with E-state index in [4.69, 9.17) is 0 Å². The Labute approximate surface area is 131 Å². The van der Waals surface area contributed by atoms with Crippen LogP contribution in [-0.2, 0) is 4.79 Å². The third-order valence-electron chi connectivity index (χ3n) is 3.11.